The van der Waals surface area contributed by atoms with Gasteiger partial charge < -0.3 is 15.4 Å². The molecule has 0 aromatic heterocycles. The van der Waals surface area contributed by atoms with Crippen LogP contribution < -0.4 is 15.4 Å². The Morgan fingerprint density at radius 2 is 1.57 bits per heavy atom. The highest BCUT2D eigenvalue weighted by molar-refractivity contribution is 6.05. The maximum atomic E-state index is 12.8. The van der Waals surface area contributed by atoms with Crippen molar-refractivity contribution < 1.29 is 14.3 Å². The van der Waals surface area contributed by atoms with E-state index in [1.54, 1.807) is 37.5 Å². The highest BCUT2D eigenvalue weighted by Gasteiger charge is 2.14. The van der Waals surface area contributed by atoms with Crippen molar-refractivity contribution in [3.8, 4) is 5.75 Å². The van der Waals surface area contributed by atoms with E-state index >= 15 is 0 Å². The van der Waals surface area contributed by atoms with Crippen molar-refractivity contribution in [3.05, 3.63) is 107 Å². The van der Waals surface area contributed by atoms with Crippen LogP contribution in [0.2, 0.25) is 0 Å². The number of benzene rings is 3. The molecule has 0 heterocycles. The number of aryl methyl sites for hydroxylation is 1. The molecule has 152 valence electrons. The van der Waals surface area contributed by atoms with Crippen LogP contribution in [0.1, 0.15) is 27.0 Å². The number of carbonyl (C=O) groups is 2. The van der Waals surface area contributed by atoms with Gasteiger partial charge in [-0.05, 0) is 48.4 Å². The molecule has 0 radical (unpaired) electrons. The average molecular weight is 400 g/mol. The Labute approximate surface area is 176 Å². The highest BCUT2D eigenvalue weighted by Crippen LogP contribution is 2.14. The van der Waals surface area contributed by atoms with Gasteiger partial charge in [0.2, 0.25) is 0 Å². The van der Waals surface area contributed by atoms with Crippen LogP contribution in [0, 0.1) is 6.92 Å². The van der Waals surface area contributed by atoms with Crippen molar-refractivity contribution in [1.29, 1.82) is 0 Å². The van der Waals surface area contributed by atoms with Gasteiger partial charge in [-0.1, -0.05) is 60.2 Å². The first kappa shape index (κ1) is 20.9. The summed E-state index contributed by atoms with van der Waals surface area (Å²) in [5, 5.41) is 5.61. The Morgan fingerprint density at radius 3 is 2.20 bits per heavy atom. The second-order valence-corrected chi connectivity index (χ2v) is 6.82. The molecule has 0 fully saturated rings. The van der Waals surface area contributed by atoms with Gasteiger partial charge in [0, 0.05) is 12.1 Å². The summed E-state index contributed by atoms with van der Waals surface area (Å²) >= 11 is 0. The van der Waals surface area contributed by atoms with Crippen LogP contribution in [-0.4, -0.2) is 18.9 Å². The minimum Gasteiger partial charge on any atom is -0.497 e. The summed E-state index contributed by atoms with van der Waals surface area (Å²) < 4.78 is 5.17. The fraction of sp³-hybridized carbons (Fsp3) is 0.120. The monoisotopic (exact) mass is 400 g/mol. The normalized spacial score (nSPS) is 10.9. The first-order chi connectivity index (χ1) is 14.5. The molecule has 3 aromatic carbocycles. The van der Waals surface area contributed by atoms with Gasteiger partial charge in [0.1, 0.15) is 11.4 Å². The predicted octanol–water partition coefficient (Wildman–Crippen LogP) is 4.09. The van der Waals surface area contributed by atoms with Gasteiger partial charge >= 0.3 is 0 Å². The molecule has 0 unspecified atom stereocenters. The number of amides is 2. The van der Waals surface area contributed by atoms with Crippen molar-refractivity contribution in [2.45, 2.75) is 13.5 Å². The molecule has 30 heavy (non-hydrogen) atoms. The number of nitrogens with one attached hydrogen (secondary N) is 2. The van der Waals surface area contributed by atoms with Gasteiger partial charge in [-0.25, -0.2) is 0 Å². The van der Waals surface area contributed by atoms with Crippen LogP contribution >= 0.6 is 0 Å². The lowest BCUT2D eigenvalue weighted by atomic mass is 10.1. The van der Waals surface area contributed by atoms with E-state index in [1.165, 1.54) is 0 Å². The first-order valence-corrected chi connectivity index (χ1v) is 9.61. The molecule has 0 spiro atoms. The molecular formula is C25H24N2O3. The molecule has 0 saturated carbocycles. The van der Waals surface area contributed by atoms with Gasteiger partial charge in [0.15, 0.2) is 0 Å². The molecule has 0 bridgehead atoms. The quantitative estimate of drug-likeness (QED) is 0.587. The van der Waals surface area contributed by atoms with E-state index in [-0.39, 0.29) is 17.5 Å². The fourth-order valence-electron chi connectivity index (χ4n) is 2.80. The second-order valence-electron chi connectivity index (χ2n) is 6.82. The van der Waals surface area contributed by atoms with E-state index < -0.39 is 0 Å². The Bertz CT molecular complexity index is 1020. The topological polar surface area (TPSA) is 67.4 Å². The summed E-state index contributed by atoms with van der Waals surface area (Å²) in [7, 11) is 1.59. The van der Waals surface area contributed by atoms with E-state index in [4.69, 9.17) is 4.74 Å². The molecule has 0 aliphatic rings. The zero-order valence-electron chi connectivity index (χ0n) is 17.0. The molecular weight excluding hydrogens is 376 g/mol. The molecule has 0 aliphatic carbocycles. The van der Waals surface area contributed by atoms with E-state index in [1.807, 2.05) is 61.5 Å². The van der Waals surface area contributed by atoms with Gasteiger partial charge in [-0.15, -0.1) is 0 Å². The van der Waals surface area contributed by atoms with Gasteiger partial charge in [0.25, 0.3) is 11.8 Å². The molecule has 3 aromatic rings. The van der Waals surface area contributed by atoms with Crippen LogP contribution in [0.15, 0.2) is 84.6 Å². The summed E-state index contributed by atoms with van der Waals surface area (Å²) in [5.74, 6) is 0.00526. The zero-order chi connectivity index (χ0) is 21.3. The van der Waals surface area contributed by atoms with Crippen molar-refractivity contribution in [2.24, 2.45) is 0 Å². The first-order valence-electron chi connectivity index (χ1n) is 9.61. The second kappa shape index (κ2) is 10.1. The number of hydrogen-bond acceptors (Lipinski definition) is 3. The van der Waals surface area contributed by atoms with Crippen molar-refractivity contribution >= 4 is 17.9 Å². The van der Waals surface area contributed by atoms with Crippen LogP contribution in [-0.2, 0) is 11.3 Å². The fourth-order valence-corrected chi connectivity index (χ4v) is 2.80. The summed E-state index contributed by atoms with van der Waals surface area (Å²) in [6, 6.07) is 24.0. The number of hydrogen-bond donors (Lipinski definition) is 2. The van der Waals surface area contributed by atoms with E-state index in [0.717, 1.165) is 16.7 Å². The Balaban J connectivity index is 1.81. The molecule has 0 saturated heterocycles. The van der Waals surface area contributed by atoms with Crippen molar-refractivity contribution in [1.82, 2.24) is 10.6 Å². The minimum atomic E-state index is -0.366. The molecule has 2 amide bonds. The third kappa shape index (κ3) is 5.82. The number of rotatable bonds is 7. The molecule has 5 heteroatoms. The smallest absolute Gasteiger partial charge is 0.268 e. The van der Waals surface area contributed by atoms with Crippen LogP contribution in [0.3, 0.4) is 0 Å². The largest absolute Gasteiger partial charge is 0.497 e. The van der Waals surface area contributed by atoms with Crippen molar-refractivity contribution in [3.63, 3.8) is 0 Å². The summed E-state index contributed by atoms with van der Waals surface area (Å²) in [6.07, 6.45) is 1.64. The molecule has 5 nitrogen and oxygen atoms in total. The van der Waals surface area contributed by atoms with Gasteiger partial charge in [-0.3, -0.25) is 9.59 Å². The lowest BCUT2D eigenvalue weighted by Crippen LogP contribution is -2.34. The zero-order valence-corrected chi connectivity index (χ0v) is 17.0. The van der Waals surface area contributed by atoms with E-state index in [9.17, 15) is 9.59 Å². The number of methoxy groups -OCH3 is 1. The summed E-state index contributed by atoms with van der Waals surface area (Å²) in [4.78, 5) is 25.5. The lowest BCUT2D eigenvalue weighted by Gasteiger charge is -2.12. The standard InChI is InChI=1S/C25H24N2O3/c1-18-8-12-21(13-9-18)24(28)27-23(16-19-10-14-22(30-2)15-11-19)25(29)26-17-20-6-4-3-5-7-20/h3-16H,17H2,1-2H3,(H,26,29)(H,27,28)/b23-16+. The molecule has 2 N–H and O–H groups in total. The van der Waals surface area contributed by atoms with Crippen LogP contribution in [0.5, 0.6) is 5.75 Å². The molecule has 3 rings (SSSR count). The van der Waals surface area contributed by atoms with Gasteiger partial charge in [0.05, 0.1) is 7.11 Å². The summed E-state index contributed by atoms with van der Waals surface area (Å²) in [6.45, 7) is 2.31. The SMILES string of the molecule is COc1ccc(/C=C(/NC(=O)c2ccc(C)cc2)C(=O)NCc2ccccc2)cc1. The minimum absolute atomic E-state index is 0.168. The average Bonchev–Trinajstić information content (AvgIpc) is 2.78. The number of ether oxygens (including phenoxy) is 1. The molecule has 0 atom stereocenters. The molecule has 0 aliphatic heterocycles. The Hall–Kier alpha value is -3.86. The maximum Gasteiger partial charge on any atom is 0.268 e. The number of carbonyl (C=O) groups excluding carboxylic acids is 2. The lowest BCUT2D eigenvalue weighted by molar-refractivity contribution is -0.117. The Kier molecular flexibility index (Phi) is 7.00. The Morgan fingerprint density at radius 1 is 0.900 bits per heavy atom. The third-order valence-corrected chi connectivity index (χ3v) is 4.53. The van der Waals surface area contributed by atoms with Crippen LogP contribution in [0.25, 0.3) is 6.08 Å². The van der Waals surface area contributed by atoms with Crippen molar-refractivity contribution in [2.75, 3.05) is 7.11 Å². The van der Waals surface area contributed by atoms with E-state index in [2.05, 4.69) is 10.6 Å². The predicted molar refractivity (Wildman–Crippen MR) is 118 cm³/mol. The van der Waals surface area contributed by atoms with Gasteiger partial charge in [-0.2, -0.15) is 0 Å². The third-order valence-electron chi connectivity index (χ3n) is 4.53. The summed E-state index contributed by atoms with van der Waals surface area (Å²) in [5.41, 5.74) is 3.45. The van der Waals surface area contributed by atoms with Crippen LogP contribution in [0.4, 0.5) is 0 Å². The highest BCUT2D eigenvalue weighted by atomic mass is 16.5. The van der Waals surface area contributed by atoms with E-state index in [0.29, 0.717) is 17.9 Å². The maximum absolute atomic E-state index is 12.8.